The smallest absolute Gasteiger partial charge is 0.327 e. The lowest BCUT2D eigenvalue weighted by molar-refractivity contribution is -0.139. The summed E-state index contributed by atoms with van der Waals surface area (Å²) in [6.07, 6.45) is 0.508. The number of nitrogens with zero attached hydrogens (tertiary/aromatic N) is 2. The highest BCUT2D eigenvalue weighted by atomic mass is 16.5. The lowest BCUT2D eigenvalue weighted by Crippen LogP contribution is -2.69. The summed E-state index contributed by atoms with van der Waals surface area (Å²) in [5, 5.41) is 6.78. The van der Waals surface area contributed by atoms with E-state index in [4.69, 9.17) is 4.74 Å². The topological polar surface area (TPSA) is 73.9 Å². The molecule has 0 radical (unpaired) electrons. The quantitative estimate of drug-likeness (QED) is 0.853. The second-order valence-electron chi connectivity index (χ2n) is 7.19. The van der Waals surface area contributed by atoms with Crippen LogP contribution in [0.1, 0.15) is 6.42 Å². The summed E-state index contributed by atoms with van der Waals surface area (Å²) in [5.74, 6) is 1.05. The van der Waals surface area contributed by atoms with Crippen molar-refractivity contribution >= 4 is 17.6 Å². The van der Waals surface area contributed by atoms with Crippen molar-refractivity contribution in [2.75, 3.05) is 26.0 Å². The van der Waals surface area contributed by atoms with Crippen LogP contribution in [0.3, 0.4) is 0 Å². The SMILES string of the molecule is CN1C(=O)C2C(Nc3ccc(Oc4ccccc4)cc3)CCNC2N(C)C1=O. The van der Waals surface area contributed by atoms with Crippen LogP contribution in [0.15, 0.2) is 54.6 Å². The molecule has 0 spiro atoms. The van der Waals surface area contributed by atoms with Gasteiger partial charge in [-0.3, -0.25) is 15.0 Å². The first-order valence-corrected chi connectivity index (χ1v) is 9.42. The highest BCUT2D eigenvalue weighted by Gasteiger charge is 2.48. The molecular weight excluding hydrogens is 356 g/mol. The highest BCUT2D eigenvalue weighted by molar-refractivity contribution is 5.98. The molecule has 7 nitrogen and oxygen atoms in total. The Morgan fingerprint density at radius 2 is 1.68 bits per heavy atom. The van der Waals surface area contributed by atoms with Gasteiger partial charge in [-0.15, -0.1) is 0 Å². The third-order valence-electron chi connectivity index (χ3n) is 5.39. The van der Waals surface area contributed by atoms with Crippen molar-refractivity contribution in [1.82, 2.24) is 15.1 Å². The number of benzene rings is 2. The zero-order valence-corrected chi connectivity index (χ0v) is 16.0. The maximum atomic E-state index is 12.8. The number of imide groups is 1. The van der Waals surface area contributed by atoms with Gasteiger partial charge in [-0.25, -0.2) is 4.79 Å². The minimum atomic E-state index is -0.332. The second kappa shape index (κ2) is 7.52. The molecule has 3 unspecified atom stereocenters. The van der Waals surface area contributed by atoms with Gasteiger partial charge in [-0.1, -0.05) is 18.2 Å². The molecule has 2 N–H and O–H groups in total. The Morgan fingerprint density at radius 3 is 2.39 bits per heavy atom. The Hall–Kier alpha value is -3.06. The average Bonchev–Trinajstić information content (AvgIpc) is 2.73. The molecular formula is C21H24N4O3. The number of carbonyl (C=O) groups is 2. The summed E-state index contributed by atoms with van der Waals surface area (Å²) in [6.45, 7) is 0.739. The summed E-state index contributed by atoms with van der Waals surface area (Å²) in [4.78, 5) is 27.8. The molecule has 2 aromatic carbocycles. The molecule has 2 heterocycles. The summed E-state index contributed by atoms with van der Waals surface area (Å²) >= 11 is 0. The van der Waals surface area contributed by atoms with Crippen molar-refractivity contribution in [2.45, 2.75) is 18.6 Å². The first kappa shape index (κ1) is 18.3. The molecule has 7 heteroatoms. The number of urea groups is 1. The molecule has 0 aromatic heterocycles. The summed E-state index contributed by atoms with van der Waals surface area (Å²) in [5.41, 5.74) is 0.918. The molecule has 3 amide bonds. The number of nitrogens with one attached hydrogen (secondary N) is 2. The first-order chi connectivity index (χ1) is 13.5. The van der Waals surface area contributed by atoms with Crippen LogP contribution in [-0.4, -0.2) is 54.6 Å². The standard InChI is InChI=1S/C21H24N4O3/c1-24-19-18(20(26)25(2)21(24)27)17(12-13-22-19)23-14-8-10-16(11-9-14)28-15-6-4-3-5-7-15/h3-11,17-19,22-23H,12-13H2,1-2H3. The number of hydrogen-bond donors (Lipinski definition) is 2. The minimum absolute atomic E-state index is 0.0577. The molecule has 0 saturated carbocycles. The van der Waals surface area contributed by atoms with E-state index in [1.54, 1.807) is 19.0 Å². The van der Waals surface area contributed by atoms with Crippen molar-refractivity contribution in [3.63, 3.8) is 0 Å². The lowest BCUT2D eigenvalue weighted by atomic mass is 9.86. The second-order valence-corrected chi connectivity index (χ2v) is 7.19. The molecule has 2 fully saturated rings. The Kier molecular flexibility index (Phi) is 4.92. The number of fused-ring (bicyclic) bond motifs is 1. The predicted molar refractivity (Wildman–Crippen MR) is 106 cm³/mol. The van der Waals surface area contributed by atoms with Crippen molar-refractivity contribution in [3.8, 4) is 11.5 Å². The third kappa shape index (κ3) is 3.41. The van der Waals surface area contributed by atoms with E-state index < -0.39 is 0 Å². The highest BCUT2D eigenvalue weighted by Crippen LogP contribution is 2.30. The van der Waals surface area contributed by atoms with Gasteiger partial charge in [0.1, 0.15) is 11.5 Å². The van der Waals surface area contributed by atoms with Crippen LogP contribution in [0, 0.1) is 5.92 Å². The van der Waals surface area contributed by atoms with E-state index in [0.717, 1.165) is 30.2 Å². The summed E-state index contributed by atoms with van der Waals surface area (Å²) in [6, 6.07) is 17.0. The Balaban J connectivity index is 1.47. The van der Waals surface area contributed by atoms with Gasteiger partial charge in [-0.05, 0) is 49.4 Å². The van der Waals surface area contributed by atoms with Crippen molar-refractivity contribution < 1.29 is 14.3 Å². The normalized spacial score (nSPS) is 24.7. The minimum Gasteiger partial charge on any atom is -0.457 e. The molecule has 4 rings (SSSR count). The number of amides is 3. The lowest BCUT2D eigenvalue weighted by Gasteiger charge is -2.48. The summed E-state index contributed by atoms with van der Waals surface area (Å²) < 4.78 is 5.82. The molecule has 3 atom stereocenters. The summed E-state index contributed by atoms with van der Waals surface area (Å²) in [7, 11) is 3.27. The molecule has 28 heavy (non-hydrogen) atoms. The van der Waals surface area contributed by atoms with Crippen LogP contribution in [0.4, 0.5) is 10.5 Å². The Bertz CT molecular complexity index is 856. The van der Waals surface area contributed by atoms with Gasteiger partial charge in [0.05, 0.1) is 12.1 Å². The van der Waals surface area contributed by atoms with Gasteiger partial charge in [-0.2, -0.15) is 0 Å². The van der Waals surface area contributed by atoms with E-state index in [0.29, 0.717) is 0 Å². The van der Waals surface area contributed by atoms with E-state index in [2.05, 4.69) is 10.6 Å². The zero-order valence-electron chi connectivity index (χ0n) is 16.0. The van der Waals surface area contributed by atoms with Gasteiger partial charge < -0.3 is 15.0 Å². The van der Waals surface area contributed by atoms with Crippen LogP contribution in [0.25, 0.3) is 0 Å². The van der Waals surface area contributed by atoms with Crippen molar-refractivity contribution in [3.05, 3.63) is 54.6 Å². The fourth-order valence-electron chi connectivity index (χ4n) is 3.89. The van der Waals surface area contributed by atoms with E-state index in [1.807, 2.05) is 54.6 Å². The molecule has 2 aromatic rings. The largest absolute Gasteiger partial charge is 0.457 e. The number of anilines is 1. The number of para-hydroxylation sites is 1. The van der Waals surface area contributed by atoms with Crippen LogP contribution in [0.2, 0.25) is 0 Å². The first-order valence-electron chi connectivity index (χ1n) is 9.42. The van der Waals surface area contributed by atoms with Crippen LogP contribution < -0.4 is 15.4 Å². The van der Waals surface area contributed by atoms with Crippen LogP contribution in [-0.2, 0) is 4.79 Å². The molecule has 146 valence electrons. The number of hydrogen-bond acceptors (Lipinski definition) is 5. The fourth-order valence-corrected chi connectivity index (χ4v) is 3.89. The van der Waals surface area contributed by atoms with Gasteiger partial charge in [0.2, 0.25) is 5.91 Å². The average molecular weight is 380 g/mol. The van der Waals surface area contributed by atoms with Crippen molar-refractivity contribution in [2.24, 2.45) is 5.92 Å². The molecule has 0 bridgehead atoms. The van der Waals surface area contributed by atoms with E-state index in [-0.39, 0.29) is 30.1 Å². The van der Waals surface area contributed by atoms with Gasteiger partial charge in [0.15, 0.2) is 0 Å². The van der Waals surface area contributed by atoms with E-state index in [9.17, 15) is 9.59 Å². The van der Waals surface area contributed by atoms with Gasteiger partial charge in [0, 0.05) is 25.8 Å². The monoisotopic (exact) mass is 380 g/mol. The number of rotatable bonds is 4. The van der Waals surface area contributed by atoms with E-state index in [1.165, 1.54) is 4.90 Å². The Labute approximate surface area is 164 Å². The third-order valence-corrected chi connectivity index (χ3v) is 5.39. The molecule has 0 aliphatic carbocycles. The van der Waals surface area contributed by atoms with Crippen molar-refractivity contribution in [1.29, 1.82) is 0 Å². The van der Waals surface area contributed by atoms with Crippen LogP contribution in [0.5, 0.6) is 11.5 Å². The zero-order chi connectivity index (χ0) is 19.7. The maximum absolute atomic E-state index is 12.8. The predicted octanol–water partition coefficient (Wildman–Crippen LogP) is 2.72. The maximum Gasteiger partial charge on any atom is 0.327 e. The number of piperidine rings is 1. The molecule has 2 aliphatic heterocycles. The van der Waals surface area contributed by atoms with E-state index >= 15 is 0 Å². The molecule has 2 saturated heterocycles. The Morgan fingerprint density at radius 1 is 1.00 bits per heavy atom. The fraction of sp³-hybridized carbons (Fsp3) is 0.333. The van der Waals surface area contributed by atoms with Crippen LogP contribution >= 0.6 is 0 Å². The number of carbonyl (C=O) groups excluding carboxylic acids is 2. The van der Waals surface area contributed by atoms with Gasteiger partial charge in [0.25, 0.3) is 0 Å². The number of ether oxygens (including phenoxy) is 1. The molecule has 2 aliphatic rings. The van der Waals surface area contributed by atoms with Gasteiger partial charge >= 0.3 is 6.03 Å².